The second kappa shape index (κ2) is 12.5. The summed E-state index contributed by atoms with van der Waals surface area (Å²) in [6.07, 6.45) is 0. The van der Waals surface area contributed by atoms with Gasteiger partial charge in [0.2, 0.25) is 0 Å². The summed E-state index contributed by atoms with van der Waals surface area (Å²) < 4.78 is 2.45. The van der Waals surface area contributed by atoms with Gasteiger partial charge < -0.3 is 4.57 Å². The molecule has 0 unspecified atom stereocenters. The molecule has 1 aliphatic rings. The van der Waals surface area contributed by atoms with E-state index in [4.69, 9.17) is 0 Å². The van der Waals surface area contributed by atoms with Gasteiger partial charge in [0.25, 0.3) is 0 Å². The lowest BCUT2D eigenvalue weighted by Gasteiger charge is -2.26. The molecule has 0 N–H and O–H groups in total. The third-order valence-corrected chi connectivity index (χ3v) is 12.1. The lowest BCUT2D eigenvalue weighted by molar-refractivity contribution is 1.19. The van der Waals surface area contributed by atoms with Crippen LogP contribution in [0.25, 0.3) is 116 Å². The Balaban J connectivity index is 1.00. The monoisotopic (exact) mass is 721 g/mol. The van der Waals surface area contributed by atoms with Crippen molar-refractivity contribution >= 4 is 43.4 Å². The number of hydrogen-bond donors (Lipinski definition) is 0. The van der Waals surface area contributed by atoms with Crippen molar-refractivity contribution in [2.45, 2.75) is 0 Å². The number of rotatable bonds is 5. The Labute approximate surface area is 331 Å². The Bertz CT molecular complexity index is 3260. The molecule has 0 amide bonds. The highest BCUT2D eigenvalue weighted by atomic mass is 15.0. The van der Waals surface area contributed by atoms with Crippen LogP contribution in [-0.4, -0.2) is 4.57 Å². The van der Waals surface area contributed by atoms with Crippen molar-refractivity contribution in [1.29, 1.82) is 0 Å². The van der Waals surface area contributed by atoms with Crippen molar-refractivity contribution in [2.24, 2.45) is 0 Å². The molecule has 1 aliphatic carbocycles. The molecule has 12 rings (SSSR count). The Kier molecular flexibility index (Phi) is 7.00. The van der Waals surface area contributed by atoms with Crippen LogP contribution in [0.2, 0.25) is 0 Å². The third-order valence-electron chi connectivity index (χ3n) is 12.1. The number of aromatic nitrogens is 1. The van der Waals surface area contributed by atoms with Crippen LogP contribution in [-0.2, 0) is 0 Å². The smallest absolute Gasteiger partial charge is 0.0541 e. The third kappa shape index (κ3) is 5.10. The Morgan fingerprint density at radius 3 is 1.04 bits per heavy atom. The fourth-order valence-electron chi connectivity index (χ4n) is 9.24. The molecule has 11 aromatic rings. The first-order valence-electron chi connectivity index (χ1n) is 19.7. The van der Waals surface area contributed by atoms with Crippen molar-refractivity contribution in [3.05, 3.63) is 212 Å². The van der Waals surface area contributed by atoms with E-state index in [1.807, 2.05) is 0 Å². The van der Waals surface area contributed by atoms with Gasteiger partial charge in [0.15, 0.2) is 0 Å². The molecule has 0 radical (unpaired) electrons. The van der Waals surface area contributed by atoms with Gasteiger partial charge in [-0.2, -0.15) is 0 Å². The van der Waals surface area contributed by atoms with Crippen molar-refractivity contribution in [2.75, 3.05) is 0 Å². The first-order chi connectivity index (χ1) is 28.2. The fourth-order valence-corrected chi connectivity index (χ4v) is 9.24. The largest absolute Gasteiger partial charge is 0.309 e. The van der Waals surface area contributed by atoms with E-state index in [2.05, 4.69) is 217 Å². The van der Waals surface area contributed by atoms with E-state index in [1.54, 1.807) is 0 Å². The summed E-state index contributed by atoms with van der Waals surface area (Å²) in [6, 6.07) is 78.2. The van der Waals surface area contributed by atoms with Crippen molar-refractivity contribution in [3.8, 4) is 72.4 Å². The predicted octanol–water partition coefficient (Wildman–Crippen LogP) is 15.4. The van der Waals surface area contributed by atoms with Gasteiger partial charge in [-0.3, -0.25) is 0 Å². The van der Waals surface area contributed by atoms with Gasteiger partial charge in [0.1, 0.15) is 0 Å². The minimum absolute atomic E-state index is 1.17. The maximum atomic E-state index is 2.45. The van der Waals surface area contributed by atoms with E-state index in [-0.39, 0.29) is 0 Å². The molecule has 264 valence electrons. The number of benzene rings is 10. The van der Waals surface area contributed by atoms with E-state index < -0.39 is 0 Å². The molecule has 1 heterocycles. The van der Waals surface area contributed by atoms with Gasteiger partial charge in [0, 0.05) is 16.5 Å². The van der Waals surface area contributed by atoms with E-state index in [1.165, 1.54) is 116 Å². The van der Waals surface area contributed by atoms with Gasteiger partial charge in [-0.15, -0.1) is 0 Å². The van der Waals surface area contributed by atoms with Crippen LogP contribution in [0.5, 0.6) is 0 Å². The number of fused-ring (bicyclic) bond motifs is 9. The number of nitrogens with zero attached hydrogens (tertiary/aromatic N) is 1. The van der Waals surface area contributed by atoms with E-state index in [0.29, 0.717) is 0 Å². The second-order valence-electron chi connectivity index (χ2n) is 15.3. The molecule has 1 heteroatoms. The van der Waals surface area contributed by atoms with Gasteiger partial charge in [-0.1, -0.05) is 140 Å². The first kappa shape index (κ1) is 31.8. The lowest BCUT2D eigenvalue weighted by Crippen LogP contribution is -2.00. The van der Waals surface area contributed by atoms with Crippen molar-refractivity contribution in [3.63, 3.8) is 0 Å². The molecule has 0 spiro atoms. The molecule has 57 heavy (non-hydrogen) atoms. The molecule has 0 saturated carbocycles. The summed E-state index contributed by atoms with van der Waals surface area (Å²) >= 11 is 0. The Hall–Kier alpha value is -7.48. The van der Waals surface area contributed by atoms with Crippen LogP contribution >= 0.6 is 0 Å². The molecule has 1 nitrogen and oxygen atoms in total. The zero-order valence-electron chi connectivity index (χ0n) is 31.2. The summed E-state index contributed by atoms with van der Waals surface area (Å²) in [5.74, 6) is 0. The van der Waals surface area contributed by atoms with Gasteiger partial charge in [-0.25, -0.2) is 0 Å². The van der Waals surface area contributed by atoms with Crippen LogP contribution in [0.1, 0.15) is 0 Å². The molecule has 0 saturated heterocycles. The molecule has 0 bridgehead atoms. The highest BCUT2D eigenvalue weighted by molar-refractivity contribution is 6.14. The van der Waals surface area contributed by atoms with Crippen LogP contribution < -0.4 is 0 Å². The highest BCUT2D eigenvalue weighted by Gasteiger charge is 2.25. The predicted molar refractivity (Wildman–Crippen MR) is 242 cm³/mol. The standard InChI is InChI=1S/C56H35N/c1-5-13-36(14-6-1)40-22-25-55-53(29-40)54-30-41(37-15-7-2-8-16-37)23-26-56(54)57(55)46-24-21-42-28-49-50(33-43(42)27-46)52-35-45-32-48(39-19-11-4-12-20-39)47(31-44(45)34-51(49)52)38-17-9-3-10-18-38/h1-35H. The van der Waals surface area contributed by atoms with Crippen molar-refractivity contribution < 1.29 is 0 Å². The average molecular weight is 722 g/mol. The van der Waals surface area contributed by atoms with Crippen LogP contribution in [0.15, 0.2) is 212 Å². The van der Waals surface area contributed by atoms with Gasteiger partial charge in [-0.05, 0) is 161 Å². The Morgan fingerprint density at radius 1 is 0.228 bits per heavy atom. The van der Waals surface area contributed by atoms with Gasteiger partial charge in [0.05, 0.1) is 11.0 Å². The maximum absolute atomic E-state index is 2.45. The van der Waals surface area contributed by atoms with Gasteiger partial charge >= 0.3 is 0 Å². The van der Waals surface area contributed by atoms with Crippen molar-refractivity contribution in [1.82, 2.24) is 4.57 Å². The Morgan fingerprint density at radius 2 is 0.596 bits per heavy atom. The normalized spacial score (nSPS) is 11.9. The molecule has 0 atom stereocenters. The quantitative estimate of drug-likeness (QED) is 0.167. The molecule has 1 aromatic heterocycles. The van der Waals surface area contributed by atoms with Crippen LogP contribution in [0.4, 0.5) is 0 Å². The zero-order valence-corrected chi connectivity index (χ0v) is 31.2. The summed E-state index contributed by atoms with van der Waals surface area (Å²) in [4.78, 5) is 0. The minimum atomic E-state index is 1.17. The summed E-state index contributed by atoms with van der Waals surface area (Å²) in [6.45, 7) is 0. The lowest BCUT2D eigenvalue weighted by atomic mass is 9.77. The SMILES string of the molecule is c1ccc(-c2ccc3c(c2)c2cc(-c4ccccc4)ccc2n3-c2ccc3cc4c(cc3c2)-c2cc3cc(-c5ccccc5)c(-c5ccccc5)cc3cc2-4)cc1. The van der Waals surface area contributed by atoms with E-state index in [0.717, 1.165) is 0 Å². The summed E-state index contributed by atoms with van der Waals surface area (Å²) in [7, 11) is 0. The van der Waals surface area contributed by atoms with Crippen LogP contribution in [0, 0.1) is 0 Å². The fraction of sp³-hybridized carbons (Fsp3) is 0. The maximum Gasteiger partial charge on any atom is 0.0541 e. The molecule has 0 aliphatic heterocycles. The first-order valence-corrected chi connectivity index (χ1v) is 19.7. The summed E-state index contributed by atoms with van der Waals surface area (Å²) in [5.41, 5.74) is 18.8. The van der Waals surface area contributed by atoms with E-state index in [9.17, 15) is 0 Å². The molecule has 0 fully saturated rings. The molecular weight excluding hydrogens is 687 g/mol. The average Bonchev–Trinajstić information content (AvgIpc) is 3.61. The molecule has 10 aromatic carbocycles. The second-order valence-corrected chi connectivity index (χ2v) is 15.3. The molecular formula is C56H35N. The highest BCUT2D eigenvalue weighted by Crippen LogP contribution is 2.51. The van der Waals surface area contributed by atoms with E-state index >= 15 is 0 Å². The van der Waals surface area contributed by atoms with Crippen LogP contribution in [0.3, 0.4) is 0 Å². The zero-order chi connectivity index (χ0) is 37.5. The minimum Gasteiger partial charge on any atom is -0.309 e. The summed E-state index contributed by atoms with van der Waals surface area (Å²) in [5, 5.41) is 7.55. The topological polar surface area (TPSA) is 4.93 Å². The number of hydrogen-bond acceptors (Lipinski definition) is 0.